The number of benzene rings is 1. The van der Waals surface area contributed by atoms with E-state index in [-0.39, 0.29) is 25.4 Å². The summed E-state index contributed by atoms with van der Waals surface area (Å²) in [5.74, 6) is -0.833. The van der Waals surface area contributed by atoms with Gasteiger partial charge in [0.1, 0.15) is 5.60 Å². The van der Waals surface area contributed by atoms with Gasteiger partial charge in [0.25, 0.3) is 0 Å². The average Bonchev–Trinajstić information content (AvgIpc) is 2.93. The van der Waals surface area contributed by atoms with Crippen molar-refractivity contribution in [2.24, 2.45) is 0 Å². The van der Waals surface area contributed by atoms with Gasteiger partial charge in [-0.25, -0.2) is 4.79 Å². The predicted octanol–water partition coefficient (Wildman–Crippen LogP) is 3.73. The third kappa shape index (κ3) is 6.48. The summed E-state index contributed by atoms with van der Waals surface area (Å²) in [6, 6.07) is 11.5. The largest absolute Gasteiger partial charge is 0.457 e. The van der Waals surface area contributed by atoms with Gasteiger partial charge in [-0.2, -0.15) is 0 Å². The molecule has 0 unspecified atom stereocenters. The molecule has 0 radical (unpaired) electrons. The first-order valence-corrected chi connectivity index (χ1v) is 9.48. The lowest BCUT2D eigenvalue weighted by atomic mass is 10.1. The number of alkyl carbamates (subject to hydrolysis) is 1. The quantitative estimate of drug-likeness (QED) is 0.565. The Balaban J connectivity index is 1.87. The second-order valence-corrected chi connectivity index (χ2v) is 7.72. The van der Waals surface area contributed by atoms with Crippen LogP contribution in [-0.4, -0.2) is 41.2 Å². The molecule has 7 nitrogen and oxygen atoms in total. The molecule has 1 aromatic heterocycles. The third-order valence-corrected chi connectivity index (χ3v) is 4.11. The lowest BCUT2D eigenvalue weighted by molar-refractivity contribution is -0.142. The Labute approximate surface area is 171 Å². The van der Waals surface area contributed by atoms with Gasteiger partial charge in [0.15, 0.2) is 6.61 Å². The fourth-order valence-corrected chi connectivity index (χ4v) is 2.90. The number of ether oxygens (including phenoxy) is 2. The summed E-state index contributed by atoms with van der Waals surface area (Å²) in [7, 11) is 0. The fraction of sp³-hybridized carbons (Fsp3) is 0.409. The van der Waals surface area contributed by atoms with E-state index in [0.29, 0.717) is 5.56 Å². The Hall–Kier alpha value is -3.09. The van der Waals surface area contributed by atoms with Crippen LogP contribution in [0.3, 0.4) is 0 Å². The Bertz CT molecular complexity index is 879. The summed E-state index contributed by atoms with van der Waals surface area (Å²) >= 11 is 0. The van der Waals surface area contributed by atoms with Gasteiger partial charge < -0.3 is 19.4 Å². The van der Waals surface area contributed by atoms with Gasteiger partial charge >= 0.3 is 12.1 Å². The molecule has 0 aliphatic carbocycles. The standard InChI is InChI=1S/C22H28N2O5/c1-15-13-18(16(2)24(15)17-9-7-6-8-10-17)19(25)14-28-20(26)11-12-23-21(27)29-22(3,4)5/h6-10,13H,11-12,14H2,1-5H3,(H,23,27). The van der Waals surface area contributed by atoms with Crippen molar-refractivity contribution in [3.63, 3.8) is 0 Å². The molecule has 1 aromatic carbocycles. The maximum Gasteiger partial charge on any atom is 0.407 e. The molecule has 29 heavy (non-hydrogen) atoms. The number of aromatic nitrogens is 1. The highest BCUT2D eigenvalue weighted by atomic mass is 16.6. The highest BCUT2D eigenvalue weighted by molar-refractivity contribution is 5.99. The molecule has 0 saturated heterocycles. The van der Waals surface area contributed by atoms with E-state index in [2.05, 4.69) is 5.32 Å². The molecule has 2 rings (SSSR count). The van der Waals surface area contributed by atoms with Crippen molar-refractivity contribution in [1.82, 2.24) is 9.88 Å². The van der Waals surface area contributed by atoms with Crippen molar-refractivity contribution < 1.29 is 23.9 Å². The number of amides is 1. The van der Waals surface area contributed by atoms with Crippen molar-refractivity contribution in [2.45, 2.75) is 46.6 Å². The number of nitrogens with one attached hydrogen (secondary N) is 1. The molecule has 0 aliphatic heterocycles. The predicted molar refractivity (Wildman–Crippen MR) is 109 cm³/mol. The summed E-state index contributed by atoms with van der Waals surface area (Å²) in [5.41, 5.74) is 2.59. The van der Waals surface area contributed by atoms with Crippen LogP contribution in [0.2, 0.25) is 0 Å². The zero-order valence-corrected chi connectivity index (χ0v) is 17.6. The van der Waals surface area contributed by atoms with Gasteiger partial charge in [-0.15, -0.1) is 0 Å². The average molecular weight is 400 g/mol. The molecule has 2 aromatic rings. The second-order valence-electron chi connectivity index (χ2n) is 7.72. The molecular weight excluding hydrogens is 372 g/mol. The van der Waals surface area contributed by atoms with Crippen LogP contribution in [0.1, 0.15) is 48.9 Å². The van der Waals surface area contributed by atoms with Crippen LogP contribution in [0.4, 0.5) is 4.79 Å². The van der Waals surface area contributed by atoms with Crippen LogP contribution in [0.25, 0.3) is 5.69 Å². The first-order valence-electron chi connectivity index (χ1n) is 9.48. The van der Waals surface area contributed by atoms with Crippen LogP contribution < -0.4 is 5.32 Å². The van der Waals surface area contributed by atoms with E-state index < -0.39 is 17.7 Å². The first kappa shape index (κ1) is 22.2. The molecule has 7 heteroatoms. The smallest absolute Gasteiger partial charge is 0.407 e. The second kappa shape index (κ2) is 9.41. The molecule has 0 aliphatic rings. The Kier molecular flexibility index (Phi) is 7.20. The summed E-state index contributed by atoms with van der Waals surface area (Å²) in [6.45, 7) is 8.77. The van der Waals surface area contributed by atoms with Crippen LogP contribution >= 0.6 is 0 Å². The Morgan fingerprint density at radius 1 is 1.07 bits per heavy atom. The number of carbonyl (C=O) groups excluding carboxylic acids is 3. The van der Waals surface area contributed by atoms with Crippen molar-refractivity contribution >= 4 is 17.8 Å². The van der Waals surface area contributed by atoms with Gasteiger partial charge in [0, 0.05) is 29.2 Å². The van der Waals surface area contributed by atoms with E-state index >= 15 is 0 Å². The monoisotopic (exact) mass is 400 g/mol. The number of esters is 1. The lowest BCUT2D eigenvalue weighted by Crippen LogP contribution is -2.33. The molecule has 0 bridgehead atoms. The van der Waals surface area contributed by atoms with Crippen molar-refractivity contribution in [3.05, 3.63) is 53.3 Å². The SMILES string of the molecule is Cc1cc(C(=O)COC(=O)CCNC(=O)OC(C)(C)C)c(C)n1-c1ccccc1. The van der Waals surface area contributed by atoms with Crippen LogP contribution in [0.15, 0.2) is 36.4 Å². The topological polar surface area (TPSA) is 86.6 Å². The number of hydrogen-bond acceptors (Lipinski definition) is 5. The summed E-state index contributed by atoms with van der Waals surface area (Å²) in [6.07, 6.45) is -0.648. The highest BCUT2D eigenvalue weighted by Gasteiger charge is 2.19. The van der Waals surface area contributed by atoms with Gasteiger partial charge in [-0.3, -0.25) is 9.59 Å². The summed E-state index contributed by atoms with van der Waals surface area (Å²) < 4.78 is 12.1. The van der Waals surface area contributed by atoms with E-state index in [9.17, 15) is 14.4 Å². The van der Waals surface area contributed by atoms with Crippen LogP contribution in [0.5, 0.6) is 0 Å². The van der Waals surface area contributed by atoms with Crippen molar-refractivity contribution in [1.29, 1.82) is 0 Å². The molecule has 156 valence electrons. The van der Waals surface area contributed by atoms with Gasteiger partial charge in [0.05, 0.1) is 6.42 Å². The number of hydrogen-bond donors (Lipinski definition) is 1. The minimum atomic E-state index is -0.608. The zero-order valence-electron chi connectivity index (χ0n) is 17.6. The van der Waals surface area contributed by atoms with Crippen molar-refractivity contribution in [2.75, 3.05) is 13.2 Å². The fourth-order valence-electron chi connectivity index (χ4n) is 2.90. The van der Waals surface area contributed by atoms with Gasteiger partial charge in [-0.05, 0) is 52.8 Å². The number of carbonyl (C=O) groups is 3. The number of rotatable bonds is 7. The molecule has 1 amide bonds. The van der Waals surface area contributed by atoms with Gasteiger partial charge in [-0.1, -0.05) is 18.2 Å². The lowest BCUT2D eigenvalue weighted by Gasteiger charge is -2.19. The molecule has 0 saturated carbocycles. The Morgan fingerprint density at radius 3 is 2.34 bits per heavy atom. The Morgan fingerprint density at radius 2 is 1.72 bits per heavy atom. The van der Waals surface area contributed by atoms with Gasteiger partial charge in [0.2, 0.25) is 5.78 Å². The molecule has 0 spiro atoms. The molecular formula is C22H28N2O5. The maximum absolute atomic E-state index is 12.5. The minimum Gasteiger partial charge on any atom is -0.457 e. The number of Topliss-reactive ketones (excluding diaryl/α,β-unsaturated/α-hetero) is 1. The summed E-state index contributed by atoms with van der Waals surface area (Å²) in [4.78, 5) is 35.9. The number of aryl methyl sites for hydroxylation is 1. The van der Waals surface area contributed by atoms with Crippen molar-refractivity contribution in [3.8, 4) is 5.69 Å². The minimum absolute atomic E-state index is 0.0461. The normalized spacial score (nSPS) is 11.1. The third-order valence-electron chi connectivity index (χ3n) is 4.11. The van der Waals surface area contributed by atoms with E-state index in [1.807, 2.05) is 48.7 Å². The molecule has 0 fully saturated rings. The van der Waals surface area contributed by atoms with Crippen LogP contribution in [-0.2, 0) is 14.3 Å². The molecule has 1 heterocycles. The van der Waals surface area contributed by atoms with E-state index in [1.165, 1.54) is 0 Å². The number of para-hydroxylation sites is 1. The number of nitrogens with zero attached hydrogens (tertiary/aromatic N) is 1. The zero-order chi connectivity index (χ0) is 21.6. The van der Waals surface area contributed by atoms with E-state index in [4.69, 9.17) is 9.47 Å². The van der Waals surface area contributed by atoms with E-state index in [1.54, 1.807) is 26.8 Å². The summed E-state index contributed by atoms with van der Waals surface area (Å²) in [5, 5.41) is 2.48. The number of ketones is 1. The first-order chi connectivity index (χ1) is 13.6. The highest BCUT2D eigenvalue weighted by Crippen LogP contribution is 2.21. The molecule has 0 atom stereocenters. The van der Waals surface area contributed by atoms with E-state index in [0.717, 1.165) is 17.1 Å². The molecule has 1 N–H and O–H groups in total. The van der Waals surface area contributed by atoms with Crippen LogP contribution in [0, 0.1) is 13.8 Å². The maximum atomic E-state index is 12.5.